The third kappa shape index (κ3) is 4.46. The van der Waals surface area contributed by atoms with Crippen molar-refractivity contribution >= 4 is 5.78 Å². The smallest absolute Gasteiger partial charge is 0.203 e. The number of ketones is 1. The molecule has 0 unspecified atom stereocenters. The molecule has 3 atom stereocenters. The van der Waals surface area contributed by atoms with E-state index < -0.39 is 5.79 Å². The molecule has 0 radical (unpaired) electrons. The third-order valence-electron chi connectivity index (χ3n) is 5.90. The molecule has 2 saturated heterocycles. The number of rotatable bonds is 8. The average molecular weight is 443 g/mol. The summed E-state index contributed by atoms with van der Waals surface area (Å²) >= 11 is 0. The van der Waals surface area contributed by atoms with Crippen molar-refractivity contribution in [1.29, 1.82) is 0 Å². The molecule has 0 aromatic heterocycles. The molecule has 172 valence electrons. The predicted molar refractivity (Wildman–Crippen MR) is 118 cm³/mol. The maximum absolute atomic E-state index is 13.2. The molecule has 2 aliphatic heterocycles. The largest absolute Gasteiger partial charge is 0.493 e. The molecule has 0 bridgehead atoms. The van der Waals surface area contributed by atoms with Crippen molar-refractivity contribution in [3.63, 3.8) is 0 Å². The SMILES string of the molecule is COc1cc(C(=O)c2cccc(CC[C@H]3OC[C@H]4OC(C)(C)O[C@@H]34)c2)cc(OC)c1OC. The van der Waals surface area contributed by atoms with Gasteiger partial charge in [0.1, 0.15) is 12.2 Å². The minimum absolute atomic E-state index is 0.0112. The molecule has 2 aromatic carbocycles. The van der Waals surface area contributed by atoms with Crippen molar-refractivity contribution in [2.75, 3.05) is 27.9 Å². The Balaban J connectivity index is 1.48. The van der Waals surface area contributed by atoms with E-state index in [2.05, 4.69) is 0 Å². The molecule has 2 aromatic rings. The van der Waals surface area contributed by atoms with E-state index in [0.29, 0.717) is 35.0 Å². The maximum atomic E-state index is 13.2. The van der Waals surface area contributed by atoms with Crippen LogP contribution in [0.2, 0.25) is 0 Å². The first-order valence-corrected chi connectivity index (χ1v) is 10.8. The molecular weight excluding hydrogens is 412 g/mol. The quantitative estimate of drug-likeness (QED) is 0.576. The number of aryl methyl sites for hydroxylation is 1. The second-order valence-corrected chi connectivity index (χ2v) is 8.49. The molecule has 0 saturated carbocycles. The Bertz CT molecular complexity index is 959. The van der Waals surface area contributed by atoms with Gasteiger partial charge in [0.05, 0.1) is 34.0 Å². The molecule has 7 nitrogen and oxygen atoms in total. The van der Waals surface area contributed by atoms with Crippen LogP contribution in [0.5, 0.6) is 17.2 Å². The van der Waals surface area contributed by atoms with Crippen LogP contribution >= 0.6 is 0 Å². The van der Waals surface area contributed by atoms with Crippen LogP contribution in [0.25, 0.3) is 0 Å². The van der Waals surface area contributed by atoms with Gasteiger partial charge in [0.15, 0.2) is 23.1 Å². The Morgan fingerprint density at radius 3 is 2.38 bits per heavy atom. The zero-order valence-electron chi connectivity index (χ0n) is 19.2. The van der Waals surface area contributed by atoms with Gasteiger partial charge in [0, 0.05) is 11.1 Å². The molecule has 0 amide bonds. The lowest BCUT2D eigenvalue weighted by atomic mass is 9.97. The number of carbonyl (C=O) groups excluding carboxylic acids is 1. The second-order valence-electron chi connectivity index (χ2n) is 8.49. The number of hydrogen-bond donors (Lipinski definition) is 0. The van der Waals surface area contributed by atoms with Gasteiger partial charge in [-0.15, -0.1) is 0 Å². The number of fused-ring (bicyclic) bond motifs is 1. The lowest BCUT2D eigenvalue weighted by Crippen LogP contribution is -2.29. The highest BCUT2D eigenvalue weighted by Gasteiger charge is 2.49. The zero-order valence-corrected chi connectivity index (χ0v) is 19.2. The molecule has 2 fully saturated rings. The number of carbonyl (C=O) groups is 1. The summed E-state index contributed by atoms with van der Waals surface area (Å²) in [5.74, 6) is 0.667. The predicted octanol–water partition coefficient (Wildman–Crippen LogP) is 3.79. The highest BCUT2D eigenvalue weighted by atomic mass is 16.8. The van der Waals surface area contributed by atoms with E-state index in [1.54, 1.807) is 12.1 Å². The van der Waals surface area contributed by atoms with Crippen molar-refractivity contribution in [2.45, 2.75) is 50.8 Å². The van der Waals surface area contributed by atoms with Crippen LogP contribution in [0.4, 0.5) is 0 Å². The van der Waals surface area contributed by atoms with E-state index in [1.807, 2.05) is 38.1 Å². The van der Waals surface area contributed by atoms with E-state index in [4.69, 9.17) is 28.4 Å². The summed E-state index contributed by atoms with van der Waals surface area (Å²) in [6.07, 6.45) is 1.49. The van der Waals surface area contributed by atoms with Gasteiger partial charge in [-0.05, 0) is 50.5 Å². The van der Waals surface area contributed by atoms with Crippen molar-refractivity contribution < 1.29 is 33.2 Å². The fourth-order valence-electron chi connectivity index (χ4n) is 4.42. The normalized spacial score (nSPS) is 23.6. The van der Waals surface area contributed by atoms with Gasteiger partial charge < -0.3 is 28.4 Å². The van der Waals surface area contributed by atoms with Crippen LogP contribution in [0.3, 0.4) is 0 Å². The van der Waals surface area contributed by atoms with Crippen LogP contribution in [0, 0.1) is 0 Å². The van der Waals surface area contributed by atoms with Gasteiger partial charge in [-0.1, -0.05) is 18.2 Å². The van der Waals surface area contributed by atoms with Crippen molar-refractivity contribution in [3.05, 3.63) is 53.1 Å². The Labute approximate surface area is 188 Å². The summed E-state index contributed by atoms with van der Waals surface area (Å²) in [5.41, 5.74) is 2.13. The molecule has 7 heteroatoms. The molecule has 0 spiro atoms. The third-order valence-corrected chi connectivity index (χ3v) is 5.90. The van der Waals surface area contributed by atoms with E-state index in [1.165, 1.54) is 21.3 Å². The fraction of sp³-hybridized carbons (Fsp3) is 0.480. The van der Waals surface area contributed by atoms with Crippen LogP contribution < -0.4 is 14.2 Å². The Hall–Kier alpha value is -2.61. The summed E-state index contributed by atoms with van der Waals surface area (Å²) in [5, 5.41) is 0. The van der Waals surface area contributed by atoms with E-state index in [9.17, 15) is 4.79 Å². The van der Waals surface area contributed by atoms with Crippen molar-refractivity contribution in [2.24, 2.45) is 0 Å². The summed E-state index contributed by atoms with van der Waals surface area (Å²) < 4.78 is 33.9. The summed E-state index contributed by atoms with van der Waals surface area (Å²) in [4.78, 5) is 13.2. The molecule has 4 rings (SSSR count). The van der Waals surface area contributed by atoms with Gasteiger partial charge in [-0.25, -0.2) is 0 Å². The standard InChI is InChI=1S/C25H30O7/c1-25(2)31-21-14-30-18(24(21)32-25)10-9-15-7-6-8-16(11-15)22(26)17-12-19(27-3)23(29-5)20(13-17)28-4/h6-8,11-13,18,21,24H,9-10,14H2,1-5H3/t18-,21-,24+/m1/s1. The lowest BCUT2D eigenvalue weighted by molar-refractivity contribution is -0.175. The minimum atomic E-state index is -0.565. The molecule has 2 heterocycles. The van der Waals surface area contributed by atoms with Crippen LogP contribution in [-0.4, -0.2) is 57.8 Å². The molecule has 0 aliphatic carbocycles. The van der Waals surface area contributed by atoms with Crippen LogP contribution in [0.1, 0.15) is 41.8 Å². The van der Waals surface area contributed by atoms with E-state index in [0.717, 1.165) is 18.4 Å². The monoisotopic (exact) mass is 442 g/mol. The average Bonchev–Trinajstić information content (AvgIpc) is 3.30. The summed E-state index contributed by atoms with van der Waals surface area (Å²) in [6, 6.07) is 11.0. The summed E-state index contributed by atoms with van der Waals surface area (Å²) in [7, 11) is 4.59. The lowest BCUT2D eigenvalue weighted by Gasteiger charge is -2.21. The Morgan fingerprint density at radius 2 is 1.72 bits per heavy atom. The van der Waals surface area contributed by atoms with Gasteiger partial charge in [-0.3, -0.25) is 4.79 Å². The summed E-state index contributed by atoms with van der Waals surface area (Å²) in [6.45, 7) is 4.42. The number of benzene rings is 2. The van der Waals surface area contributed by atoms with Gasteiger partial charge in [0.25, 0.3) is 0 Å². The Morgan fingerprint density at radius 1 is 1.00 bits per heavy atom. The first kappa shape index (κ1) is 22.6. The van der Waals surface area contributed by atoms with Crippen LogP contribution in [0.15, 0.2) is 36.4 Å². The Kier molecular flexibility index (Phi) is 6.42. The highest BCUT2D eigenvalue weighted by Crippen LogP contribution is 2.39. The van der Waals surface area contributed by atoms with E-state index in [-0.39, 0.29) is 24.1 Å². The molecule has 2 aliphatic rings. The zero-order chi connectivity index (χ0) is 22.9. The van der Waals surface area contributed by atoms with Crippen molar-refractivity contribution in [1.82, 2.24) is 0 Å². The number of methoxy groups -OCH3 is 3. The number of ether oxygens (including phenoxy) is 6. The van der Waals surface area contributed by atoms with Gasteiger partial charge in [-0.2, -0.15) is 0 Å². The fourth-order valence-corrected chi connectivity index (χ4v) is 4.42. The van der Waals surface area contributed by atoms with E-state index >= 15 is 0 Å². The maximum Gasteiger partial charge on any atom is 0.203 e. The van der Waals surface area contributed by atoms with Gasteiger partial charge >= 0.3 is 0 Å². The highest BCUT2D eigenvalue weighted by molar-refractivity contribution is 6.09. The topological polar surface area (TPSA) is 72.5 Å². The van der Waals surface area contributed by atoms with Gasteiger partial charge in [0.2, 0.25) is 5.75 Å². The number of hydrogen-bond acceptors (Lipinski definition) is 7. The molecular formula is C25H30O7. The van der Waals surface area contributed by atoms with Crippen molar-refractivity contribution in [3.8, 4) is 17.2 Å². The minimum Gasteiger partial charge on any atom is -0.493 e. The first-order chi connectivity index (χ1) is 15.3. The first-order valence-electron chi connectivity index (χ1n) is 10.8. The van der Waals surface area contributed by atoms with Crippen LogP contribution in [-0.2, 0) is 20.6 Å². The second kappa shape index (κ2) is 9.10. The molecule has 0 N–H and O–H groups in total. The molecule has 32 heavy (non-hydrogen) atoms.